The molecule has 48 valence electrons. The lowest BCUT2D eigenvalue weighted by Crippen LogP contribution is -1.95. The summed E-state index contributed by atoms with van der Waals surface area (Å²) in [5.41, 5.74) is 0. The smallest absolute Gasteiger partial charge is 0.0860 e. The van der Waals surface area contributed by atoms with Crippen molar-refractivity contribution in [1.82, 2.24) is 0 Å². The van der Waals surface area contributed by atoms with Gasteiger partial charge in [0.1, 0.15) is 0 Å². The molecule has 0 aromatic heterocycles. The molecule has 0 aliphatic carbocycles. The van der Waals surface area contributed by atoms with Gasteiger partial charge >= 0.3 is 0 Å². The van der Waals surface area contributed by atoms with E-state index in [1.165, 1.54) is 0 Å². The SMILES string of the molecule is COCCC1OC1C. The van der Waals surface area contributed by atoms with Crippen LogP contribution in [0, 0.1) is 0 Å². The molecule has 2 nitrogen and oxygen atoms in total. The fourth-order valence-corrected chi connectivity index (χ4v) is 0.767. The van der Waals surface area contributed by atoms with Gasteiger partial charge in [-0.2, -0.15) is 0 Å². The number of hydrogen-bond donors (Lipinski definition) is 0. The van der Waals surface area contributed by atoms with E-state index >= 15 is 0 Å². The number of hydrogen-bond acceptors (Lipinski definition) is 2. The van der Waals surface area contributed by atoms with Crippen LogP contribution in [0.3, 0.4) is 0 Å². The van der Waals surface area contributed by atoms with E-state index in [2.05, 4.69) is 6.92 Å². The molecule has 1 rings (SSSR count). The summed E-state index contributed by atoms with van der Waals surface area (Å²) in [5, 5.41) is 0. The van der Waals surface area contributed by atoms with Gasteiger partial charge in [-0.3, -0.25) is 0 Å². The van der Waals surface area contributed by atoms with E-state index in [9.17, 15) is 0 Å². The largest absolute Gasteiger partial charge is 0.385 e. The lowest BCUT2D eigenvalue weighted by atomic mass is 10.3. The van der Waals surface area contributed by atoms with E-state index in [0.717, 1.165) is 13.0 Å². The maximum absolute atomic E-state index is 5.14. The van der Waals surface area contributed by atoms with E-state index in [1.54, 1.807) is 7.11 Å². The summed E-state index contributed by atoms with van der Waals surface area (Å²) in [7, 11) is 1.72. The van der Waals surface area contributed by atoms with Crippen LogP contribution in [0.4, 0.5) is 0 Å². The monoisotopic (exact) mass is 116 g/mol. The highest BCUT2D eigenvalue weighted by Crippen LogP contribution is 2.23. The molecule has 0 saturated carbocycles. The highest BCUT2D eigenvalue weighted by Gasteiger charge is 2.32. The molecule has 1 fully saturated rings. The van der Waals surface area contributed by atoms with Gasteiger partial charge in [0.25, 0.3) is 0 Å². The Balaban J connectivity index is 1.89. The predicted molar refractivity (Wildman–Crippen MR) is 30.8 cm³/mol. The Morgan fingerprint density at radius 2 is 2.25 bits per heavy atom. The van der Waals surface area contributed by atoms with Crippen LogP contribution < -0.4 is 0 Å². The van der Waals surface area contributed by atoms with Gasteiger partial charge in [0.2, 0.25) is 0 Å². The Kier molecular flexibility index (Phi) is 1.86. The van der Waals surface area contributed by atoms with Gasteiger partial charge in [-0.15, -0.1) is 0 Å². The van der Waals surface area contributed by atoms with Crippen molar-refractivity contribution in [3.8, 4) is 0 Å². The Hall–Kier alpha value is -0.0800. The normalized spacial score (nSPS) is 35.2. The van der Waals surface area contributed by atoms with Gasteiger partial charge < -0.3 is 9.47 Å². The van der Waals surface area contributed by atoms with E-state index in [4.69, 9.17) is 9.47 Å². The molecule has 0 amide bonds. The quantitative estimate of drug-likeness (QED) is 0.509. The van der Waals surface area contributed by atoms with Crippen LogP contribution in [0.25, 0.3) is 0 Å². The zero-order chi connectivity index (χ0) is 5.98. The molecular weight excluding hydrogens is 104 g/mol. The second-order valence-electron chi connectivity index (χ2n) is 2.16. The molecule has 8 heavy (non-hydrogen) atoms. The van der Waals surface area contributed by atoms with Crippen LogP contribution in [0.2, 0.25) is 0 Å². The third-order valence-corrected chi connectivity index (χ3v) is 1.44. The Bertz CT molecular complexity index is 72.9. The molecule has 0 aromatic rings. The summed E-state index contributed by atoms with van der Waals surface area (Å²) in [4.78, 5) is 0. The first kappa shape index (κ1) is 6.05. The minimum atomic E-state index is 0.491. The molecule has 1 aliphatic rings. The Morgan fingerprint density at radius 3 is 2.62 bits per heavy atom. The van der Waals surface area contributed by atoms with Crippen LogP contribution >= 0.6 is 0 Å². The first-order chi connectivity index (χ1) is 3.84. The van der Waals surface area contributed by atoms with Crippen molar-refractivity contribution < 1.29 is 9.47 Å². The van der Waals surface area contributed by atoms with Crippen LogP contribution in [0.15, 0.2) is 0 Å². The Morgan fingerprint density at radius 1 is 1.62 bits per heavy atom. The van der Waals surface area contributed by atoms with Crippen molar-refractivity contribution in [2.75, 3.05) is 13.7 Å². The minimum Gasteiger partial charge on any atom is -0.385 e. The molecule has 2 unspecified atom stereocenters. The Labute approximate surface area is 49.8 Å². The minimum absolute atomic E-state index is 0.491. The van der Waals surface area contributed by atoms with E-state index < -0.39 is 0 Å². The van der Waals surface area contributed by atoms with Crippen molar-refractivity contribution in [1.29, 1.82) is 0 Å². The van der Waals surface area contributed by atoms with Gasteiger partial charge in [-0.1, -0.05) is 0 Å². The molecule has 2 atom stereocenters. The fraction of sp³-hybridized carbons (Fsp3) is 1.00. The number of methoxy groups -OCH3 is 1. The zero-order valence-corrected chi connectivity index (χ0v) is 5.39. The predicted octanol–water partition coefficient (Wildman–Crippen LogP) is 0.810. The summed E-state index contributed by atoms with van der Waals surface area (Å²) in [6.45, 7) is 2.91. The average molecular weight is 116 g/mol. The highest BCUT2D eigenvalue weighted by molar-refractivity contribution is 4.79. The average Bonchev–Trinajstić information content (AvgIpc) is 2.42. The molecule has 0 radical (unpaired) electrons. The van der Waals surface area contributed by atoms with Crippen molar-refractivity contribution >= 4 is 0 Å². The van der Waals surface area contributed by atoms with Gasteiger partial charge in [0.05, 0.1) is 12.2 Å². The lowest BCUT2D eigenvalue weighted by Gasteiger charge is -1.90. The third-order valence-electron chi connectivity index (χ3n) is 1.44. The fourth-order valence-electron chi connectivity index (χ4n) is 0.767. The molecule has 0 N–H and O–H groups in total. The second kappa shape index (κ2) is 2.46. The van der Waals surface area contributed by atoms with Crippen molar-refractivity contribution in [2.24, 2.45) is 0 Å². The van der Waals surface area contributed by atoms with Gasteiger partial charge in [-0.25, -0.2) is 0 Å². The number of epoxide rings is 1. The van der Waals surface area contributed by atoms with E-state index in [1.807, 2.05) is 0 Å². The van der Waals surface area contributed by atoms with Crippen LogP contribution in [0.1, 0.15) is 13.3 Å². The topological polar surface area (TPSA) is 21.8 Å². The zero-order valence-electron chi connectivity index (χ0n) is 5.39. The summed E-state index contributed by atoms with van der Waals surface area (Å²) < 4.78 is 10.00. The summed E-state index contributed by atoms with van der Waals surface area (Å²) in [6.07, 6.45) is 2.04. The lowest BCUT2D eigenvalue weighted by molar-refractivity contribution is 0.184. The van der Waals surface area contributed by atoms with Gasteiger partial charge in [-0.05, 0) is 13.3 Å². The molecule has 2 heteroatoms. The van der Waals surface area contributed by atoms with Crippen molar-refractivity contribution in [3.05, 3.63) is 0 Å². The first-order valence-corrected chi connectivity index (χ1v) is 2.99. The maximum atomic E-state index is 5.14. The van der Waals surface area contributed by atoms with Crippen LogP contribution in [-0.4, -0.2) is 25.9 Å². The molecule has 1 aliphatic heterocycles. The molecule has 0 spiro atoms. The summed E-state index contributed by atoms with van der Waals surface area (Å²) in [6, 6.07) is 0. The second-order valence-corrected chi connectivity index (χ2v) is 2.16. The van der Waals surface area contributed by atoms with E-state index in [0.29, 0.717) is 12.2 Å². The van der Waals surface area contributed by atoms with Crippen molar-refractivity contribution in [2.45, 2.75) is 25.6 Å². The van der Waals surface area contributed by atoms with Crippen LogP contribution in [0.5, 0.6) is 0 Å². The van der Waals surface area contributed by atoms with Crippen molar-refractivity contribution in [3.63, 3.8) is 0 Å². The molecule has 1 heterocycles. The molecule has 1 saturated heterocycles. The third kappa shape index (κ3) is 1.46. The number of ether oxygens (including phenoxy) is 2. The van der Waals surface area contributed by atoms with Gasteiger partial charge in [0, 0.05) is 13.7 Å². The van der Waals surface area contributed by atoms with Crippen LogP contribution in [-0.2, 0) is 9.47 Å². The van der Waals surface area contributed by atoms with Gasteiger partial charge in [0.15, 0.2) is 0 Å². The summed E-state index contributed by atoms with van der Waals surface area (Å²) >= 11 is 0. The highest BCUT2D eigenvalue weighted by atomic mass is 16.6. The van der Waals surface area contributed by atoms with E-state index in [-0.39, 0.29) is 0 Å². The maximum Gasteiger partial charge on any atom is 0.0860 e. The first-order valence-electron chi connectivity index (χ1n) is 2.99. The molecular formula is C6H12O2. The molecule has 0 aromatic carbocycles. The summed E-state index contributed by atoms with van der Waals surface area (Å²) in [5.74, 6) is 0. The standard InChI is InChI=1S/C6H12O2/c1-5-6(8-5)3-4-7-2/h5-6H,3-4H2,1-2H3. The number of rotatable bonds is 3. The molecule has 0 bridgehead atoms.